The van der Waals surface area contributed by atoms with Gasteiger partial charge in [-0.1, -0.05) is 29.8 Å². The first kappa shape index (κ1) is 14.0. The van der Waals surface area contributed by atoms with E-state index in [9.17, 15) is 4.79 Å². The van der Waals surface area contributed by atoms with Crippen molar-refractivity contribution in [3.63, 3.8) is 0 Å². The maximum Gasteiger partial charge on any atom is 0.253 e. The van der Waals surface area contributed by atoms with Crippen LogP contribution in [0.5, 0.6) is 0 Å². The van der Waals surface area contributed by atoms with E-state index in [1.165, 1.54) is 0 Å². The number of halogens is 1. The summed E-state index contributed by atoms with van der Waals surface area (Å²) in [6, 6.07) is 13.4. The average molecular weight is 324 g/mol. The number of carbonyl (C=O) groups is 1. The lowest BCUT2D eigenvalue weighted by Gasteiger charge is -2.11. The van der Waals surface area contributed by atoms with Crippen LogP contribution in [0.3, 0.4) is 0 Å². The molecule has 0 fully saturated rings. The zero-order valence-electron chi connectivity index (χ0n) is 12.3. The monoisotopic (exact) mass is 323 g/mol. The summed E-state index contributed by atoms with van der Waals surface area (Å²) in [6.45, 7) is 0.674. The van der Waals surface area contributed by atoms with Gasteiger partial charge < -0.3 is 10.3 Å². The van der Waals surface area contributed by atoms with E-state index < -0.39 is 0 Å². The highest BCUT2D eigenvalue weighted by molar-refractivity contribution is 6.33. The fraction of sp³-hybridized carbons (Fsp3) is 0.111. The van der Waals surface area contributed by atoms with Crippen molar-refractivity contribution in [3.05, 3.63) is 64.9 Å². The van der Waals surface area contributed by atoms with Crippen molar-refractivity contribution in [2.75, 3.05) is 6.54 Å². The van der Waals surface area contributed by atoms with Crippen molar-refractivity contribution >= 4 is 17.5 Å². The van der Waals surface area contributed by atoms with Crippen molar-refractivity contribution in [1.29, 1.82) is 0 Å². The van der Waals surface area contributed by atoms with Gasteiger partial charge in [0.25, 0.3) is 5.91 Å². The predicted molar refractivity (Wildman–Crippen MR) is 90.5 cm³/mol. The Morgan fingerprint density at radius 3 is 2.78 bits per heavy atom. The minimum Gasteiger partial charge on any atom is -0.358 e. The van der Waals surface area contributed by atoms with Crippen LogP contribution < -0.4 is 5.32 Å². The highest BCUT2D eigenvalue weighted by Crippen LogP contribution is 2.30. The van der Waals surface area contributed by atoms with Gasteiger partial charge in [0.2, 0.25) is 0 Å². The van der Waals surface area contributed by atoms with Crippen LogP contribution in [0, 0.1) is 0 Å². The molecule has 0 saturated heterocycles. The number of nitrogens with one attached hydrogen (secondary N) is 2. The zero-order chi connectivity index (χ0) is 15.8. The molecule has 114 valence electrons. The van der Waals surface area contributed by atoms with E-state index in [0.29, 0.717) is 11.6 Å². The molecular weight excluding hydrogens is 310 g/mol. The van der Waals surface area contributed by atoms with Gasteiger partial charge in [-0.15, -0.1) is 0 Å². The van der Waals surface area contributed by atoms with Gasteiger partial charge >= 0.3 is 0 Å². The van der Waals surface area contributed by atoms with E-state index in [-0.39, 0.29) is 5.91 Å². The second-order valence-electron chi connectivity index (χ2n) is 5.49. The van der Waals surface area contributed by atoms with E-state index in [4.69, 9.17) is 11.6 Å². The molecule has 0 aliphatic carbocycles. The van der Waals surface area contributed by atoms with E-state index in [1.807, 2.05) is 42.5 Å². The van der Waals surface area contributed by atoms with E-state index in [2.05, 4.69) is 15.3 Å². The summed E-state index contributed by atoms with van der Waals surface area (Å²) < 4.78 is 0. The van der Waals surface area contributed by atoms with E-state index >= 15 is 0 Å². The molecule has 0 bridgehead atoms. The fourth-order valence-electron chi connectivity index (χ4n) is 2.86. The third-order valence-electron chi connectivity index (χ3n) is 4.03. The van der Waals surface area contributed by atoms with Crippen molar-refractivity contribution in [1.82, 2.24) is 15.3 Å². The minimum atomic E-state index is -0.0193. The lowest BCUT2D eigenvalue weighted by atomic mass is 10.1. The van der Waals surface area contributed by atoms with Crippen LogP contribution >= 0.6 is 11.6 Å². The molecule has 3 aromatic rings. The Morgan fingerprint density at radius 1 is 1.09 bits per heavy atom. The topological polar surface area (TPSA) is 57.8 Å². The number of pyridine rings is 1. The number of rotatable bonds is 2. The van der Waals surface area contributed by atoms with Crippen LogP contribution in [0.2, 0.25) is 5.02 Å². The Labute approximate surface area is 138 Å². The van der Waals surface area contributed by atoms with Crippen LogP contribution in [0.15, 0.2) is 48.7 Å². The molecule has 1 aromatic carbocycles. The number of hydrogen-bond acceptors (Lipinski definition) is 2. The molecule has 1 aliphatic rings. The van der Waals surface area contributed by atoms with Crippen LogP contribution in [0.25, 0.3) is 22.5 Å². The van der Waals surface area contributed by atoms with Crippen molar-refractivity contribution in [2.24, 2.45) is 0 Å². The number of aromatic nitrogens is 2. The first-order valence-corrected chi connectivity index (χ1v) is 7.81. The maximum absolute atomic E-state index is 11.9. The van der Waals surface area contributed by atoms with E-state index in [0.717, 1.165) is 40.2 Å². The summed E-state index contributed by atoms with van der Waals surface area (Å²) in [5.41, 5.74) is 5.32. The largest absolute Gasteiger partial charge is 0.358 e. The van der Waals surface area contributed by atoms with Gasteiger partial charge in [-0.3, -0.25) is 9.78 Å². The Bertz CT molecular complexity index is 901. The van der Waals surface area contributed by atoms with Crippen molar-refractivity contribution in [2.45, 2.75) is 6.42 Å². The molecule has 23 heavy (non-hydrogen) atoms. The Hall–Kier alpha value is -2.59. The molecule has 1 amide bonds. The molecule has 4 nitrogen and oxygen atoms in total. The Morgan fingerprint density at radius 2 is 1.96 bits per heavy atom. The highest BCUT2D eigenvalue weighted by Gasteiger charge is 2.20. The van der Waals surface area contributed by atoms with Gasteiger partial charge in [0.05, 0.1) is 11.3 Å². The highest BCUT2D eigenvalue weighted by atomic mass is 35.5. The van der Waals surface area contributed by atoms with Gasteiger partial charge in [-0.05, 0) is 24.3 Å². The third kappa shape index (κ3) is 2.51. The van der Waals surface area contributed by atoms with Gasteiger partial charge in [0, 0.05) is 46.7 Å². The number of carbonyl (C=O) groups excluding carboxylic acids is 1. The number of fused-ring (bicyclic) bond motifs is 1. The first-order valence-electron chi connectivity index (χ1n) is 7.44. The minimum absolute atomic E-state index is 0.0193. The lowest BCUT2D eigenvalue weighted by molar-refractivity contribution is 0.0946. The fourth-order valence-corrected chi connectivity index (χ4v) is 3.10. The standard InChI is InChI=1S/C18H14ClN3O/c19-14-4-2-1-3-12(14)17-9-11(5-7-20-17)16-10-13-15(22-16)6-8-21-18(13)23/h1-5,7,9-10,22H,6,8H2,(H,21,23). The molecule has 2 aromatic heterocycles. The average Bonchev–Trinajstić information content (AvgIpc) is 3.01. The SMILES string of the molecule is O=C1NCCc2[nH]c(-c3ccnc(-c4ccccc4Cl)c3)cc21. The third-order valence-corrected chi connectivity index (χ3v) is 4.35. The molecule has 0 radical (unpaired) electrons. The van der Waals surface area contributed by atoms with Gasteiger partial charge in [-0.25, -0.2) is 0 Å². The van der Waals surface area contributed by atoms with Gasteiger partial charge in [-0.2, -0.15) is 0 Å². The van der Waals surface area contributed by atoms with E-state index in [1.54, 1.807) is 6.20 Å². The first-order chi connectivity index (χ1) is 11.2. The Kier molecular flexibility index (Phi) is 3.39. The molecule has 1 aliphatic heterocycles. The number of hydrogen-bond donors (Lipinski definition) is 2. The number of amides is 1. The summed E-state index contributed by atoms with van der Waals surface area (Å²) in [5.74, 6) is -0.0193. The number of nitrogens with zero attached hydrogens (tertiary/aromatic N) is 1. The zero-order valence-corrected chi connectivity index (χ0v) is 13.0. The second kappa shape index (κ2) is 5.56. The number of benzene rings is 1. The molecular formula is C18H14ClN3O. The quantitative estimate of drug-likeness (QED) is 0.755. The molecule has 0 atom stereocenters. The van der Waals surface area contributed by atoms with Gasteiger partial charge in [0.1, 0.15) is 0 Å². The van der Waals surface area contributed by atoms with Crippen LogP contribution in [0.1, 0.15) is 16.1 Å². The number of aromatic amines is 1. The summed E-state index contributed by atoms with van der Waals surface area (Å²) >= 11 is 6.26. The van der Waals surface area contributed by atoms with Crippen LogP contribution in [-0.4, -0.2) is 22.4 Å². The van der Waals surface area contributed by atoms with Crippen LogP contribution in [0.4, 0.5) is 0 Å². The van der Waals surface area contributed by atoms with Crippen molar-refractivity contribution < 1.29 is 4.79 Å². The number of H-pyrrole nitrogens is 1. The summed E-state index contributed by atoms with van der Waals surface area (Å²) in [7, 11) is 0. The van der Waals surface area contributed by atoms with Crippen LogP contribution in [-0.2, 0) is 6.42 Å². The smallest absolute Gasteiger partial charge is 0.253 e. The molecule has 5 heteroatoms. The predicted octanol–water partition coefficient (Wildman–Crippen LogP) is 3.68. The summed E-state index contributed by atoms with van der Waals surface area (Å²) in [6.07, 6.45) is 2.58. The van der Waals surface area contributed by atoms with Crippen molar-refractivity contribution in [3.8, 4) is 22.5 Å². The maximum atomic E-state index is 11.9. The molecule has 0 saturated carbocycles. The lowest BCUT2D eigenvalue weighted by Crippen LogP contribution is -2.31. The summed E-state index contributed by atoms with van der Waals surface area (Å²) in [5, 5.41) is 3.53. The van der Waals surface area contributed by atoms with Gasteiger partial charge in [0.15, 0.2) is 0 Å². The Balaban J connectivity index is 1.78. The summed E-state index contributed by atoms with van der Waals surface area (Å²) in [4.78, 5) is 19.7. The normalized spacial score (nSPS) is 13.5. The molecule has 0 unspecified atom stereocenters. The molecule has 3 heterocycles. The molecule has 4 rings (SSSR count). The molecule has 2 N–H and O–H groups in total. The molecule has 0 spiro atoms. The second-order valence-corrected chi connectivity index (χ2v) is 5.90.